The molecular weight excluding hydrogens is 328 g/mol. The highest BCUT2D eigenvalue weighted by Gasteiger charge is 2.25. The smallest absolute Gasteiger partial charge is 0.268 e. The number of carbonyl (C=O) groups is 2. The molecule has 5 N–H and O–H groups in total. The predicted octanol–water partition coefficient (Wildman–Crippen LogP) is 2.07. The molecule has 6 nitrogen and oxygen atoms in total. The lowest BCUT2D eigenvalue weighted by molar-refractivity contribution is -0.117. The summed E-state index contributed by atoms with van der Waals surface area (Å²) in [6.45, 7) is 0.521. The van der Waals surface area contributed by atoms with Crippen LogP contribution in [0.2, 0.25) is 0 Å². The third-order valence-corrected chi connectivity index (χ3v) is 5.36. The maximum atomic E-state index is 12.6. The van der Waals surface area contributed by atoms with Crippen LogP contribution in [0.25, 0.3) is 16.5 Å². The van der Waals surface area contributed by atoms with Crippen molar-refractivity contribution in [2.24, 2.45) is 5.73 Å². The third-order valence-electron chi connectivity index (χ3n) is 5.36. The first kappa shape index (κ1) is 16.8. The van der Waals surface area contributed by atoms with Gasteiger partial charge in [0.05, 0.1) is 0 Å². The predicted molar refractivity (Wildman–Crippen MR) is 102 cm³/mol. The van der Waals surface area contributed by atoms with Gasteiger partial charge in [-0.2, -0.15) is 0 Å². The number of fused-ring (bicyclic) bond motifs is 3. The maximum Gasteiger partial charge on any atom is 0.268 e. The number of amides is 2. The Labute approximate surface area is 152 Å². The van der Waals surface area contributed by atoms with Gasteiger partial charge in [-0.15, -0.1) is 0 Å². The van der Waals surface area contributed by atoms with Crippen LogP contribution in [0.15, 0.2) is 30.3 Å². The molecule has 136 valence electrons. The number of carbonyl (C=O) groups excluding carboxylic acids is 2. The average molecular weight is 352 g/mol. The number of rotatable bonds is 2. The van der Waals surface area contributed by atoms with E-state index in [4.69, 9.17) is 5.73 Å². The first-order valence-corrected chi connectivity index (χ1v) is 9.28. The fourth-order valence-corrected chi connectivity index (χ4v) is 3.98. The maximum absolute atomic E-state index is 12.6. The molecule has 2 heterocycles. The van der Waals surface area contributed by atoms with Crippen molar-refractivity contribution in [1.82, 2.24) is 15.6 Å². The molecule has 0 bridgehead atoms. The molecule has 1 aliphatic heterocycles. The SMILES string of the molecule is NC1CCC(NC(=O)C=C2CCNC(=O)c3[nH]c4ccccc4c32)CC1. The van der Waals surface area contributed by atoms with E-state index in [9.17, 15) is 9.59 Å². The number of aromatic nitrogens is 1. The number of H-pyrrole nitrogens is 1. The summed E-state index contributed by atoms with van der Waals surface area (Å²) in [5.41, 5.74) is 9.11. The lowest BCUT2D eigenvalue weighted by atomic mass is 9.91. The number of benzene rings is 1. The van der Waals surface area contributed by atoms with E-state index in [1.165, 1.54) is 0 Å². The van der Waals surface area contributed by atoms with Gasteiger partial charge in [0, 0.05) is 41.2 Å². The summed E-state index contributed by atoms with van der Waals surface area (Å²) in [6, 6.07) is 8.25. The van der Waals surface area contributed by atoms with Crippen LogP contribution in [0.4, 0.5) is 0 Å². The second-order valence-electron chi connectivity index (χ2n) is 7.22. The first-order chi connectivity index (χ1) is 12.6. The van der Waals surface area contributed by atoms with Crippen molar-refractivity contribution in [1.29, 1.82) is 0 Å². The second kappa shape index (κ2) is 6.96. The molecule has 1 saturated carbocycles. The van der Waals surface area contributed by atoms with Gasteiger partial charge in [-0.05, 0) is 43.7 Å². The standard InChI is InChI=1S/C20H24N4O2/c21-13-5-7-14(8-6-13)23-17(25)11-12-9-10-22-20(26)19-18(12)15-3-1-2-4-16(15)24-19/h1-4,11,13-14,24H,5-10,21H2,(H,22,26)(H,23,25). The van der Waals surface area contributed by atoms with E-state index in [2.05, 4.69) is 15.6 Å². The highest BCUT2D eigenvalue weighted by atomic mass is 16.2. The van der Waals surface area contributed by atoms with Gasteiger partial charge in [0.15, 0.2) is 0 Å². The molecule has 2 amide bonds. The molecule has 1 fully saturated rings. The van der Waals surface area contributed by atoms with Crippen LogP contribution < -0.4 is 16.4 Å². The van der Waals surface area contributed by atoms with Crippen molar-refractivity contribution < 1.29 is 9.59 Å². The van der Waals surface area contributed by atoms with Gasteiger partial charge in [-0.1, -0.05) is 18.2 Å². The van der Waals surface area contributed by atoms with Gasteiger partial charge in [-0.3, -0.25) is 9.59 Å². The molecule has 1 aromatic carbocycles. The zero-order valence-electron chi connectivity index (χ0n) is 14.7. The normalized spacial score (nSPS) is 24.8. The molecule has 26 heavy (non-hydrogen) atoms. The Morgan fingerprint density at radius 2 is 1.96 bits per heavy atom. The van der Waals surface area contributed by atoms with Crippen molar-refractivity contribution in [2.75, 3.05) is 6.54 Å². The van der Waals surface area contributed by atoms with Crippen molar-refractivity contribution in [2.45, 2.75) is 44.2 Å². The molecule has 2 aliphatic rings. The molecule has 0 atom stereocenters. The molecular formula is C20H24N4O2. The van der Waals surface area contributed by atoms with Gasteiger partial charge in [0.2, 0.25) is 5.91 Å². The van der Waals surface area contributed by atoms with Gasteiger partial charge in [0.1, 0.15) is 5.69 Å². The van der Waals surface area contributed by atoms with Crippen LogP contribution in [0.3, 0.4) is 0 Å². The zero-order chi connectivity index (χ0) is 18.1. The van der Waals surface area contributed by atoms with E-state index in [1.54, 1.807) is 6.08 Å². The number of para-hydroxylation sites is 1. The van der Waals surface area contributed by atoms with Crippen LogP contribution in [0.5, 0.6) is 0 Å². The Morgan fingerprint density at radius 1 is 1.19 bits per heavy atom. The van der Waals surface area contributed by atoms with E-state index in [0.29, 0.717) is 18.7 Å². The molecule has 0 saturated heterocycles. The Bertz CT molecular complexity index is 875. The van der Waals surface area contributed by atoms with Crippen LogP contribution in [-0.4, -0.2) is 35.4 Å². The van der Waals surface area contributed by atoms with Crippen molar-refractivity contribution >= 4 is 28.3 Å². The monoisotopic (exact) mass is 352 g/mol. The van der Waals surface area contributed by atoms with Crippen LogP contribution >= 0.6 is 0 Å². The van der Waals surface area contributed by atoms with Crippen LogP contribution in [0, 0.1) is 0 Å². The first-order valence-electron chi connectivity index (χ1n) is 9.28. The fourth-order valence-electron chi connectivity index (χ4n) is 3.98. The Balaban J connectivity index is 1.64. The number of hydrogen-bond donors (Lipinski definition) is 4. The van der Waals surface area contributed by atoms with Gasteiger partial charge >= 0.3 is 0 Å². The average Bonchev–Trinajstić information content (AvgIpc) is 2.95. The minimum Gasteiger partial charge on any atom is -0.350 e. The number of nitrogens with one attached hydrogen (secondary N) is 3. The van der Waals surface area contributed by atoms with E-state index in [1.807, 2.05) is 24.3 Å². The highest BCUT2D eigenvalue weighted by Crippen LogP contribution is 2.32. The highest BCUT2D eigenvalue weighted by molar-refractivity contribution is 6.10. The van der Waals surface area contributed by atoms with E-state index in [0.717, 1.165) is 47.7 Å². The zero-order valence-corrected chi connectivity index (χ0v) is 14.7. The Kier molecular flexibility index (Phi) is 4.51. The number of hydrogen-bond acceptors (Lipinski definition) is 3. The van der Waals surface area contributed by atoms with Crippen molar-refractivity contribution in [3.8, 4) is 0 Å². The summed E-state index contributed by atoms with van der Waals surface area (Å²) in [5.74, 6) is -0.215. The Morgan fingerprint density at radius 3 is 2.77 bits per heavy atom. The molecule has 6 heteroatoms. The lowest BCUT2D eigenvalue weighted by Crippen LogP contribution is -2.39. The second-order valence-corrected chi connectivity index (χ2v) is 7.22. The quantitative estimate of drug-likeness (QED) is 0.623. The Hall–Kier alpha value is -2.60. The van der Waals surface area contributed by atoms with E-state index >= 15 is 0 Å². The molecule has 0 spiro atoms. The molecule has 0 radical (unpaired) electrons. The summed E-state index contributed by atoms with van der Waals surface area (Å²) in [5, 5.41) is 6.97. The minimum atomic E-state index is -0.124. The topological polar surface area (TPSA) is 100 Å². The minimum absolute atomic E-state index is 0.0916. The molecule has 4 rings (SSSR count). The number of aromatic amines is 1. The van der Waals surface area contributed by atoms with Gasteiger partial charge in [-0.25, -0.2) is 0 Å². The van der Waals surface area contributed by atoms with Crippen molar-refractivity contribution in [3.63, 3.8) is 0 Å². The third kappa shape index (κ3) is 3.24. The van der Waals surface area contributed by atoms with Gasteiger partial charge in [0.25, 0.3) is 5.91 Å². The van der Waals surface area contributed by atoms with Crippen molar-refractivity contribution in [3.05, 3.63) is 41.6 Å². The summed E-state index contributed by atoms with van der Waals surface area (Å²) >= 11 is 0. The molecule has 1 aliphatic carbocycles. The molecule has 2 aromatic rings. The van der Waals surface area contributed by atoms with Crippen LogP contribution in [-0.2, 0) is 4.79 Å². The van der Waals surface area contributed by atoms with Gasteiger partial charge < -0.3 is 21.4 Å². The summed E-state index contributed by atoms with van der Waals surface area (Å²) < 4.78 is 0. The van der Waals surface area contributed by atoms with E-state index in [-0.39, 0.29) is 23.9 Å². The largest absolute Gasteiger partial charge is 0.350 e. The van der Waals surface area contributed by atoms with E-state index < -0.39 is 0 Å². The molecule has 0 unspecified atom stereocenters. The summed E-state index contributed by atoms with van der Waals surface area (Å²) in [7, 11) is 0. The number of nitrogens with two attached hydrogens (primary N) is 1. The van der Waals surface area contributed by atoms with Crippen LogP contribution in [0.1, 0.15) is 48.2 Å². The lowest BCUT2D eigenvalue weighted by Gasteiger charge is -2.26. The molecule has 1 aromatic heterocycles. The summed E-state index contributed by atoms with van der Waals surface area (Å²) in [4.78, 5) is 28.2. The summed E-state index contributed by atoms with van der Waals surface area (Å²) in [6.07, 6.45) is 6.04. The fraction of sp³-hybridized carbons (Fsp3) is 0.400.